The number of allylic oxidation sites excluding steroid dienone is 2. The zero-order valence-corrected chi connectivity index (χ0v) is 18.5. The van der Waals surface area contributed by atoms with E-state index < -0.39 is 5.60 Å². The maximum absolute atomic E-state index is 10.5. The molecule has 0 amide bonds. The summed E-state index contributed by atoms with van der Waals surface area (Å²) in [5.41, 5.74) is 4.23. The molecule has 0 radical (unpaired) electrons. The summed E-state index contributed by atoms with van der Waals surface area (Å²) >= 11 is 0. The van der Waals surface area contributed by atoms with E-state index in [9.17, 15) is 15.3 Å². The van der Waals surface area contributed by atoms with Crippen molar-refractivity contribution >= 4 is 5.57 Å². The first kappa shape index (κ1) is 24.1. The number of ether oxygens (including phenoxy) is 1. The topological polar surface area (TPSA) is 69.9 Å². The van der Waals surface area contributed by atoms with Crippen LogP contribution < -0.4 is 4.74 Å². The molecule has 0 aromatic heterocycles. The minimum absolute atomic E-state index is 0.0842. The van der Waals surface area contributed by atoms with Gasteiger partial charge >= 0.3 is 0 Å². The average molecular weight is 413 g/mol. The Morgan fingerprint density at radius 3 is 2.33 bits per heavy atom. The molecule has 0 aliphatic rings. The van der Waals surface area contributed by atoms with Crippen molar-refractivity contribution in [1.29, 1.82) is 0 Å². The lowest BCUT2D eigenvalue weighted by Gasteiger charge is -2.24. The van der Waals surface area contributed by atoms with Gasteiger partial charge in [0.15, 0.2) is 0 Å². The van der Waals surface area contributed by atoms with E-state index in [2.05, 4.69) is 25.1 Å². The lowest BCUT2D eigenvalue weighted by atomic mass is 9.90. The Balaban J connectivity index is 2.06. The van der Waals surface area contributed by atoms with Crippen LogP contribution in [0.4, 0.5) is 0 Å². The zero-order valence-electron chi connectivity index (χ0n) is 18.5. The van der Waals surface area contributed by atoms with Crippen LogP contribution in [-0.2, 0) is 19.8 Å². The summed E-state index contributed by atoms with van der Waals surface area (Å²) in [5, 5.41) is 29.3. The van der Waals surface area contributed by atoms with Gasteiger partial charge in [0.2, 0.25) is 0 Å². The number of hydrogen-bond acceptors (Lipinski definition) is 4. The molecule has 3 N–H and O–H groups in total. The fourth-order valence-corrected chi connectivity index (χ4v) is 3.61. The predicted molar refractivity (Wildman–Crippen MR) is 122 cm³/mol. The van der Waals surface area contributed by atoms with E-state index in [-0.39, 0.29) is 13.2 Å². The third-order valence-corrected chi connectivity index (χ3v) is 5.92. The van der Waals surface area contributed by atoms with E-state index in [0.29, 0.717) is 6.61 Å². The third-order valence-electron chi connectivity index (χ3n) is 5.92. The van der Waals surface area contributed by atoms with Crippen LogP contribution in [0, 0.1) is 0 Å². The molecule has 0 heterocycles. The Morgan fingerprint density at radius 1 is 0.967 bits per heavy atom. The highest BCUT2D eigenvalue weighted by Gasteiger charge is 2.20. The molecule has 0 atom stereocenters. The van der Waals surface area contributed by atoms with Crippen LogP contribution in [0.1, 0.15) is 75.1 Å². The highest BCUT2D eigenvalue weighted by molar-refractivity contribution is 5.66. The molecule has 0 fully saturated rings. The molecule has 4 heteroatoms. The number of hydrogen-bond donors (Lipinski definition) is 3. The molecule has 2 aromatic rings. The van der Waals surface area contributed by atoms with Crippen LogP contribution in [0.15, 0.2) is 48.5 Å². The predicted octanol–water partition coefficient (Wildman–Crippen LogP) is 5.37. The van der Waals surface area contributed by atoms with E-state index in [4.69, 9.17) is 4.74 Å². The van der Waals surface area contributed by atoms with Crippen molar-refractivity contribution in [2.24, 2.45) is 0 Å². The summed E-state index contributed by atoms with van der Waals surface area (Å²) in [6, 6.07) is 13.7. The zero-order chi connectivity index (χ0) is 22.0. The molecule has 0 aliphatic heterocycles. The van der Waals surface area contributed by atoms with Gasteiger partial charge in [-0.25, -0.2) is 0 Å². The van der Waals surface area contributed by atoms with Gasteiger partial charge in [-0.1, -0.05) is 51.1 Å². The standard InChI is InChI=1S/C26H36O4/c1-4-21(10-8-14-26(29,5-2)6-3)22-9-7-11-25(16-22)30-19-20-12-13-23(17-27)24(15-20)18-28/h7,9-13,15-16,27-29H,4-6,8,14,17-19H2,1-3H3/b21-10+. The van der Waals surface area contributed by atoms with Crippen molar-refractivity contribution in [3.8, 4) is 5.75 Å². The second-order valence-corrected chi connectivity index (χ2v) is 7.79. The van der Waals surface area contributed by atoms with Crippen LogP contribution in [0.2, 0.25) is 0 Å². The van der Waals surface area contributed by atoms with Crippen molar-refractivity contribution in [2.45, 2.75) is 78.3 Å². The molecule has 164 valence electrons. The van der Waals surface area contributed by atoms with E-state index in [1.54, 1.807) is 0 Å². The Kier molecular flexibility index (Phi) is 9.57. The van der Waals surface area contributed by atoms with Crippen molar-refractivity contribution < 1.29 is 20.1 Å². The lowest BCUT2D eigenvalue weighted by Crippen LogP contribution is -2.25. The number of aliphatic hydroxyl groups is 3. The van der Waals surface area contributed by atoms with Gasteiger partial charge in [-0.2, -0.15) is 0 Å². The number of benzene rings is 2. The minimum atomic E-state index is -0.570. The van der Waals surface area contributed by atoms with E-state index in [0.717, 1.165) is 60.1 Å². The monoisotopic (exact) mass is 412 g/mol. The fraction of sp³-hybridized carbons (Fsp3) is 0.462. The maximum Gasteiger partial charge on any atom is 0.120 e. The number of rotatable bonds is 12. The van der Waals surface area contributed by atoms with Gasteiger partial charge in [0.1, 0.15) is 12.4 Å². The summed E-state index contributed by atoms with van der Waals surface area (Å²) in [7, 11) is 0. The first-order valence-electron chi connectivity index (χ1n) is 11.0. The molecule has 4 nitrogen and oxygen atoms in total. The third kappa shape index (κ3) is 6.69. The first-order chi connectivity index (χ1) is 14.5. The van der Waals surface area contributed by atoms with Crippen molar-refractivity contribution in [1.82, 2.24) is 0 Å². The van der Waals surface area contributed by atoms with Crippen LogP contribution in [0.5, 0.6) is 5.75 Å². The van der Waals surface area contributed by atoms with Gasteiger partial charge < -0.3 is 20.1 Å². The summed E-state index contributed by atoms with van der Waals surface area (Å²) < 4.78 is 5.98. The Labute approximate surface area is 180 Å². The van der Waals surface area contributed by atoms with Crippen LogP contribution in [-0.4, -0.2) is 20.9 Å². The SMILES string of the molecule is CC/C(=C\CCC(O)(CC)CC)c1cccc(OCc2ccc(CO)c(CO)c2)c1. The van der Waals surface area contributed by atoms with Gasteiger partial charge in [0.05, 0.1) is 18.8 Å². The highest BCUT2D eigenvalue weighted by atomic mass is 16.5. The van der Waals surface area contributed by atoms with Gasteiger partial charge in [0.25, 0.3) is 0 Å². The van der Waals surface area contributed by atoms with Crippen LogP contribution in [0.25, 0.3) is 5.57 Å². The quantitative estimate of drug-likeness (QED) is 0.438. The maximum atomic E-state index is 10.5. The fourth-order valence-electron chi connectivity index (χ4n) is 3.61. The molecular formula is C26H36O4. The molecule has 30 heavy (non-hydrogen) atoms. The second-order valence-electron chi connectivity index (χ2n) is 7.79. The van der Waals surface area contributed by atoms with Crippen molar-refractivity contribution in [3.63, 3.8) is 0 Å². The molecule has 0 saturated heterocycles. The molecule has 2 aromatic carbocycles. The summed E-state index contributed by atoms with van der Waals surface area (Å²) in [4.78, 5) is 0. The largest absolute Gasteiger partial charge is 0.489 e. The minimum Gasteiger partial charge on any atom is -0.489 e. The smallest absolute Gasteiger partial charge is 0.120 e. The lowest BCUT2D eigenvalue weighted by molar-refractivity contribution is 0.0246. The number of aliphatic hydroxyl groups excluding tert-OH is 2. The van der Waals surface area contributed by atoms with E-state index in [1.807, 2.05) is 44.2 Å². The molecular weight excluding hydrogens is 376 g/mol. The van der Waals surface area contributed by atoms with Crippen molar-refractivity contribution in [2.75, 3.05) is 0 Å². The molecule has 0 bridgehead atoms. The van der Waals surface area contributed by atoms with E-state index >= 15 is 0 Å². The summed E-state index contributed by atoms with van der Waals surface area (Å²) in [6.45, 7) is 6.43. The van der Waals surface area contributed by atoms with Crippen molar-refractivity contribution in [3.05, 3.63) is 70.8 Å². The first-order valence-corrected chi connectivity index (χ1v) is 11.0. The molecule has 0 aliphatic carbocycles. The van der Waals surface area contributed by atoms with Gasteiger partial charge in [-0.05, 0) is 78.1 Å². The molecule has 0 saturated carbocycles. The highest BCUT2D eigenvalue weighted by Crippen LogP contribution is 2.27. The Bertz CT molecular complexity index is 822. The van der Waals surface area contributed by atoms with Crippen LogP contribution >= 0.6 is 0 Å². The Morgan fingerprint density at radius 2 is 1.70 bits per heavy atom. The summed E-state index contributed by atoms with van der Waals surface area (Å²) in [5.74, 6) is 0.794. The Hall–Kier alpha value is -2.14. The molecule has 2 rings (SSSR count). The normalized spacial score (nSPS) is 12.3. The van der Waals surface area contributed by atoms with Crippen LogP contribution in [0.3, 0.4) is 0 Å². The second kappa shape index (κ2) is 11.9. The van der Waals surface area contributed by atoms with Gasteiger partial charge in [-0.15, -0.1) is 0 Å². The van der Waals surface area contributed by atoms with Gasteiger partial charge in [-0.3, -0.25) is 0 Å². The molecule has 0 unspecified atom stereocenters. The van der Waals surface area contributed by atoms with E-state index in [1.165, 1.54) is 5.57 Å². The van der Waals surface area contributed by atoms with Gasteiger partial charge in [0, 0.05) is 0 Å². The average Bonchev–Trinajstić information content (AvgIpc) is 2.80. The summed E-state index contributed by atoms with van der Waals surface area (Å²) in [6.07, 6.45) is 6.34. The molecule has 0 spiro atoms.